The normalized spacial score (nSPS) is 17.7. The first-order chi connectivity index (χ1) is 15.2. The average molecular weight is 434 g/mol. The maximum Gasteiger partial charge on any atom is 0.344 e. The molecule has 0 spiro atoms. The zero-order valence-corrected chi connectivity index (χ0v) is 18.4. The summed E-state index contributed by atoms with van der Waals surface area (Å²) in [6, 6.07) is 7.28. The summed E-state index contributed by atoms with van der Waals surface area (Å²) in [7, 11) is 1.42. The van der Waals surface area contributed by atoms with Crippen LogP contribution in [0.5, 0.6) is 11.5 Å². The Kier molecular flexibility index (Phi) is 4.43. The molecule has 0 aliphatic carbocycles. The molecule has 1 aliphatic heterocycles. The minimum atomic E-state index is -1.02. The van der Waals surface area contributed by atoms with Gasteiger partial charge >= 0.3 is 11.3 Å². The lowest BCUT2D eigenvalue weighted by atomic mass is 9.90. The van der Waals surface area contributed by atoms with Gasteiger partial charge in [0.15, 0.2) is 0 Å². The second-order valence-corrected chi connectivity index (χ2v) is 8.39. The van der Waals surface area contributed by atoms with E-state index in [2.05, 4.69) is 0 Å². The summed E-state index contributed by atoms with van der Waals surface area (Å²) in [5.74, 6) is -0.972. The molecular formula is C25H22O7. The highest BCUT2D eigenvalue weighted by Crippen LogP contribution is 2.47. The van der Waals surface area contributed by atoms with Crippen molar-refractivity contribution in [2.75, 3.05) is 7.11 Å². The molecule has 5 rings (SSSR count). The van der Waals surface area contributed by atoms with E-state index in [4.69, 9.17) is 18.3 Å². The first-order valence-electron chi connectivity index (χ1n) is 10.3. The standard InChI is InChI=1S/C25H22O7/c1-10-6-12(3)16-14(8-10)30-23(27)19(21(16)26)18-20-22(32-25(18)29-5)17-13(4)7-11(2)9-15(17)31-24(20)28/h6-9,18,25-26H,1-5H3. The summed E-state index contributed by atoms with van der Waals surface area (Å²) in [4.78, 5) is 26.1. The number of aryl methyl sites for hydroxylation is 4. The third-order valence-electron chi connectivity index (χ3n) is 6.06. The summed E-state index contributed by atoms with van der Waals surface area (Å²) in [6.07, 6.45) is -1.02. The number of methoxy groups -OCH3 is 1. The predicted octanol–water partition coefficient (Wildman–Crippen LogP) is 4.34. The Morgan fingerprint density at radius 3 is 1.94 bits per heavy atom. The van der Waals surface area contributed by atoms with Crippen molar-refractivity contribution >= 4 is 21.9 Å². The maximum absolute atomic E-state index is 13.1. The summed E-state index contributed by atoms with van der Waals surface area (Å²) in [5.41, 5.74) is 2.73. The Labute approximate surface area is 182 Å². The molecule has 3 heterocycles. The Morgan fingerprint density at radius 2 is 1.34 bits per heavy atom. The molecule has 0 fully saturated rings. The van der Waals surface area contributed by atoms with Gasteiger partial charge in [0.25, 0.3) is 0 Å². The van der Waals surface area contributed by atoms with Gasteiger partial charge in [0, 0.05) is 7.11 Å². The zero-order chi connectivity index (χ0) is 22.9. The van der Waals surface area contributed by atoms with Crippen molar-refractivity contribution in [3.05, 3.63) is 78.5 Å². The molecule has 0 saturated heterocycles. The van der Waals surface area contributed by atoms with E-state index in [0.29, 0.717) is 22.1 Å². The lowest BCUT2D eigenvalue weighted by molar-refractivity contribution is -0.0472. The van der Waals surface area contributed by atoms with Gasteiger partial charge in [-0.1, -0.05) is 12.1 Å². The van der Waals surface area contributed by atoms with Crippen molar-refractivity contribution in [2.24, 2.45) is 0 Å². The molecule has 2 atom stereocenters. The molecule has 7 nitrogen and oxygen atoms in total. The largest absolute Gasteiger partial charge is 0.507 e. The van der Waals surface area contributed by atoms with Gasteiger partial charge in [-0.25, -0.2) is 9.59 Å². The Morgan fingerprint density at radius 1 is 0.812 bits per heavy atom. The van der Waals surface area contributed by atoms with E-state index in [1.54, 1.807) is 12.1 Å². The van der Waals surface area contributed by atoms with Gasteiger partial charge in [-0.2, -0.15) is 0 Å². The fraction of sp³-hybridized carbons (Fsp3) is 0.280. The number of rotatable bonds is 2. The third-order valence-corrected chi connectivity index (χ3v) is 6.06. The van der Waals surface area contributed by atoms with Gasteiger partial charge in [0.05, 0.1) is 27.8 Å². The van der Waals surface area contributed by atoms with Crippen LogP contribution in [0, 0.1) is 27.7 Å². The first kappa shape index (κ1) is 20.3. The van der Waals surface area contributed by atoms with Gasteiger partial charge < -0.3 is 23.4 Å². The molecule has 0 amide bonds. The van der Waals surface area contributed by atoms with Gasteiger partial charge in [-0.3, -0.25) is 0 Å². The van der Waals surface area contributed by atoms with Crippen LogP contribution >= 0.6 is 0 Å². The maximum atomic E-state index is 13.1. The van der Waals surface area contributed by atoms with Crippen LogP contribution in [-0.2, 0) is 4.74 Å². The van der Waals surface area contributed by atoms with E-state index in [0.717, 1.165) is 22.3 Å². The summed E-state index contributed by atoms with van der Waals surface area (Å²) < 4.78 is 22.7. The van der Waals surface area contributed by atoms with E-state index in [1.165, 1.54) is 7.11 Å². The average Bonchev–Trinajstić information content (AvgIpc) is 3.06. The van der Waals surface area contributed by atoms with E-state index >= 15 is 0 Å². The molecule has 0 bridgehead atoms. The highest BCUT2D eigenvalue weighted by Gasteiger charge is 2.44. The number of hydrogen-bond donors (Lipinski definition) is 1. The quantitative estimate of drug-likeness (QED) is 0.469. The van der Waals surface area contributed by atoms with E-state index in [9.17, 15) is 14.7 Å². The van der Waals surface area contributed by atoms with Crippen molar-refractivity contribution in [2.45, 2.75) is 39.9 Å². The Balaban J connectivity index is 1.87. The lowest BCUT2D eigenvalue weighted by Crippen LogP contribution is -2.28. The zero-order valence-electron chi connectivity index (χ0n) is 18.4. The molecule has 2 aromatic heterocycles. The van der Waals surface area contributed by atoms with Crippen LogP contribution in [-0.4, -0.2) is 18.5 Å². The lowest BCUT2D eigenvalue weighted by Gasteiger charge is -2.18. The minimum absolute atomic E-state index is 0.0912. The summed E-state index contributed by atoms with van der Waals surface area (Å²) in [5, 5.41) is 12.2. The second-order valence-electron chi connectivity index (χ2n) is 8.39. The fourth-order valence-corrected chi connectivity index (χ4v) is 4.83. The molecule has 1 aliphatic rings. The third kappa shape index (κ3) is 2.78. The van der Waals surface area contributed by atoms with Crippen LogP contribution in [0.25, 0.3) is 21.9 Å². The van der Waals surface area contributed by atoms with Crippen LogP contribution in [0.3, 0.4) is 0 Å². The molecular weight excluding hydrogens is 412 g/mol. The summed E-state index contributed by atoms with van der Waals surface area (Å²) >= 11 is 0. The van der Waals surface area contributed by atoms with Crippen LogP contribution in [0.15, 0.2) is 42.7 Å². The minimum Gasteiger partial charge on any atom is -0.507 e. The van der Waals surface area contributed by atoms with Crippen LogP contribution in [0.2, 0.25) is 0 Å². The Hall–Kier alpha value is -3.58. The van der Waals surface area contributed by atoms with E-state index in [-0.39, 0.29) is 22.5 Å². The molecule has 4 aromatic rings. The van der Waals surface area contributed by atoms with E-state index in [1.807, 2.05) is 39.8 Å². The van der Waals surface area contributed by atoms with Gasteiger partial charge in [0.2, 0.25) is 6.29 Å². The smallest absolute Gasteiger partial charge is 0.344 e. The van der Waals surface area contributed by atoms with Gasteiger partial charge in [-0.05, 0) is 62.1 Å². The molecule has 164 valence electrons. The van der Waals surface area contributed by atoms with Crippen LogP contribution in [0.4, 0.5) is 0 Å². The molecule has 7 heteroatoms. The summed E-state index contributed by atoms with van der Waals surface area (Å²) in [6.45, 7) is 7.49. The molecule has 32 heavy (non-hydrogen) atoms. The number of aromatic hydroxyl groups is 1. The highest BCUT2D eigenvalue weighted by atomic mass is 16.7. The van der Waals surface area contributed by atoms with Gasteiger partial charge in [-0.15, -0.1) is 0 Å². The molecule has 1 N–H and O–H groups in total. The predicted molar refractivity (Wildman–Crippen MR) is 119 cm³/mol. The number of benzene rings is 2. The first-order valence-corrected chi connectivity index (χ1v) is 10.3. The van der Waals surface area contributed by atoms with Crippen LogP contribution in [0.1, 0.15) is 39.3 Å². The highest BCUT2D eigenvalue weighted by molar-refractivity contribution is 5.91. The van der Waals surface area contributed by atoms with Crippen molar-refractivity contribution in [1.82, 2.24) is 0 Å². The second kappa shape index (κ2) is 6.97. The van der Waals surface area contributed by atoms with Crippen LogP contribution < -0.4 is 16.0 Å². The van der Waals surface area contributed by atoms with Crippen molar-refractivity contribution < 1.29 is 23.4 Å². The SMILES string of the molecule is COC1Oc2c(c(=O)oc3cc(C)cc(C)c23)C1c1c(O)c2c(C)cc(C)cc2oc1=O. The number of ether oxygens (including phenoxy) is 2. The Bertz CT molecular complexity index is 1540. The van der Waals surface area contributed by atoms with E-state index < -0.39 is 23.5 Å². The molecule has 0 radical (unpaired) electrons. The molecule has 2 aromatic carbocycles. The van der Waals surface area contributed by atoms with Gasteiger partial charge in [0.1, 0.15) is 22.7 Å². The number of hydrogen-bond acceptors (Lipinski definition) is 7. The molecule has 0 saturated carbocycles. The topological polar surface area (TPSA) is 99.1 Å². The van der Waals surface area contributed by atoms with Crippen molar-refractivity contribution in [3.63, 3.8) is 0 Å². The van der Waals surface area contributed by atoms with Crippen molar-refractivity contribution in [3.8, 4) is 11.5 Å². The van der Waals surface area contributed by atoms with Crippen molar-refractivity contribution in [1.29, 1.82) is 0 Å². The molecule has 2 unspecified atom stereocenters. The fourth-order valence-electron chi connectivity index (χ4n) is 4.83. The monoisotopic (exact) mass is 434 g/mol. The number of fused-ring (bicyclic) bond motifs is 4.